The van der Waals surface area contributed by atoms with Crippen LogP contribution in [0.5, 0.6) is 0 Å². The second-order valence-corrected chi connectivity index (χ2v) is 5.29. The van der Waals surface area contributed by atoms with Gasteiger partial charge in [0.05, 0.1) is 18.1 Å². The maximum Gasteiger partial charge on any atom is 0.144 e. The predicted molar refractivity (Wildman–Crippen MR) is 72.7 cm³/mol. The second kappa shape index (κ2) is 5.41. The van der Waals surface area contributed by atoms with E-state index in [2.05, 4.69) is 13.8 Å². The van der Waals surface area contributed by atoms with Crippen molar-refractivity contribution in [3.05, 3.63) is 34.9 Å². The number of benzene rings is 1. The maximum atomic E-state index is 11.8. The van der Waals surface area contributed by atoms with E-state index >= 15 is 0 Å². The Labute approximate surface area is 113 Å². The minimum Gasteiger partial charge on any atom is -0.372 e. The van der Waals surface area contributed by atoms with E-state index < -0.39 is 0 Å². The largest absolute Gasteiger partial charge is 0.372 e. The van der Waals surface area contributed by atoms with E-state index in [9.17, 15) is 4.79 Å². The molecule has 0 radical (unpaired) electrons. The molecule has 0 spiro atoms. The Hall–Kier alpha value is -0.860. The summed E-state index contributed by atoms with van der Waals surface area (Å²) in [6, 6.07) is 7.67. The van der Waals surface area contributed by atoms with Crippen LogP contribution in [0, 0.1) is 5.41 Å². The molecule has 0 aliphatic heterocycles. The topological polar surface area (TPSA) is 26.3 Å². The van der Waals surface area contributed by atoms with Gasteiger partial charge in [-0.15, -0.1) is 0 Å². The summed E-state index contributed by atoms with van der Waals surface area (Å²) in [5.74, 6) is 0.344. The maximum absolute atomic E-state index is 11.8. The van der Waals surface area contributed by atoms with Crippen molar-refractivity contribution in [1.82, 2.24) is 0 Å². The Kier molecular flexibility index (Phi) is 4.08. The molecule has 1 saturated carbocycles. The van der Waals surface area contributed by atoms with E-state index in [0.717, 1.165) is 23.4 Å². The van der Waals surface area contributed by atoms with Crippen molar-refractivity contribution in [2.75, 3.05) is 0 Å². The summed E-state index contributed by atoms with van der Waals surface area (Å²) in [7, 11) is 0. The fourth-order valence-electron chi connectivity index (χ4n) is 2.74. The van der Waals surface area contributed by atoms with Crippen molar-refractivity contribution in [2.45, 2.75) is 45.8 Å². The first kappa shape index (κ1) is 13.6. The highest BCUT2D eigenvalue weighted by Crippen LogP contribution is 2.45. The van der Waals surface area contributed by atoms with Gasteiger partial charge < -0.3 is 4.74 Å². The zero-order chi connectivity index (χ0) is 13.2. The lowest BCUT2D eigenvalue weighted by molar-refractivity contribution is -0.167. The molecule has 0 amide bonds. The Balaban J connectivity index is 2.00. The number of Topliss-reactive ketones (excluding diaryl/α,β-unsaturated/α-hetero) is 1. The third-order valence-corrected chi connectivity index (χ3v) is 4.57. The third-order valence-electron chi connectivity index (χ3n) is 4.20. The minimum atomic E-state index is -0.249. The van der Waals surface area contributed by atoms with Crippen LogP contribution in [-0.2, 0) is 16.1 Å². The molecule has 0 heterocycles. The van der Waals surface area contributed by atoms with Crippen molar-refractivity contribution in [1.29, 1.82) is 0 Å². The lowest BCUT2D eigenvalue weighted by Crippen LogP contribution is -2.54. The molecule has 1 unspecified atom stereocenters. The summed E-state index contributed by atoms with van der Waals surface area (Å²) in [5, 5.41) is 0.724. The lowest BCUT2D eigenvalue weighted by atomic mass is 9.61. The van der Waals surface area contributed by atoms with Crippen LogP contribution in [0.2, 0.25) is 5.02 Å². The van der Waals surface area contributed by atoms with Crippen LogP contribution < -0.4 is 0 Å². The number of carbonyl (C=O) groups is 1. The van der Waals surface area contributed by atoms with Crippen molar-refractivity contribution >= 4 is 17.4 Å². The second-order valence-electron chi connectivity index (χ2n) is 4.88. The molecule has 0 N–H and O–H groups in total. The first-order chi connectivity index (χ1) is 8.64. The molecule has 98 valence electrons. The van der Waals surface area contributed by atoms with Gasteiger partial charge in [0.1, 0.15) is 5.78 Å². The molecule has 0 bridgehead atoms. The molecule has 1 fully saturated rings. The highest BCUT2D eigenvalue weighted by atomic mass is 35.5. The first-order valence-corrected chi connectivity index (χ1v) is 6.90. The number of ether oxygens (including phenoxy) is 1. The Morgan fingerprint density at radius 2 is 2.00 bits per heavy atom. The van der Waals surface area contributed by atoms with Gasteiger partial charge in [0.15, 0.2) is 0 Å². The summed E-state index contributed by atoms with van der Waals surface area (Å²) in [6.45, 7) is 4.61. The zero-order valence-corrected chi connectivity index (χ0v) is 11.7. The summed E-state index contributed by atoms with van der Waals surface area (Å²) in [6.07, 6.45) is 2.31. The van der Waals surface area contributed by atoms with Gasteiger partial charge in [0.25, 0.3) is 0 Å². The number of carbonyl (C=O) groups excluding carboxylic acids is 1. The monoisotopic (exact) mass is 266 g/mol. The van der Waals surface area contributed by atoms with E-state index in [4.69, 9.17) is 16.3 Å². The molecule has 1 aromatic carbocycles. The molecule has 2 nitrogen and oxygen atoms in total. The van der Waals surface area contributed by atoms with Gasteiger partial charge in [-0.1, -0.05) is 43.6 Å². The van der Waals surface area contributed by atoms with Gasteiger partial charge in [-0.25, -0.2) is 0 Å². The molecule has 1 aliphatic carbocycles. The van der Waals surface area contributed by atoms with Crippen LogP contribution in [0.4, 0.5) is 0 Å². The van der Waals surface area contributed by atoms with Crippen LogP contribution in [0.3, 0.4) is 0 Å². The Morgan fingerprint density at radius 1 is 1.33 bits per heavy atom. The van der Waals surface area contributed by atoms with Gasteiger partial charge >= 0.3 is 0 Å². The molecule has 2 rings (SSSR count). The predicted octanol–water partition coefficient (Wildman–Crippen LogP) is 4.00. The summed E-state index contributed by atoms with van der Waals surface area (Å²) in [4.78, 5) is 11.8. The molecular weight excluding hydrogens is 248 g/mol. The lowest BCUT2D eigenvalue weighted by Gasteiger charge is -2.46. The summed E-state index contributed by atoms with van der Waals surface area (Å²) >= 11 is 6.09. The normalized spacial score (nSPS) is 21.7. The minimum absolute atomic E-state index is 0.0521. The quantitative estimate of drug-likeness (QED) is 0.805. The van der Waals surface area contributed by atoms with Gasteiger partial charge in [-0.05, 0) is 24.5 Å². The van der Waals surface area contributed by atoms with Gasteiger partial charge in [0.2, 0.25) is 0 Å². The number of hydrogen-bond donors (Lipinski definition) is 0. The highest BCUT2D eigenvalue weighted by Gasteiger charge is 2.52. The molecule has 0 saturated heterocycles. The standard InChI is InChI=1S/C15H19ClO2/c1-3-15(4-2)13(17)9-14(15)18-10-11-7-5-6-8-12(11)16/h5-8,14H,3-4,9-10H2,1-2H3. The zero-order valence-electron chi connectivity index (χ0n) is 10.9. The van der Waals surface area contributed by atoms with Gasteiger partial charge in [-0.2, -0.15) is 0 Å². The fraction of sp³-hybridized carbons (Fsp3) is 0.533. The highest BCUT2D eigenvalue weighted by molar-refractivity contribution is 6.31. The van der Waals surface area contributed by atoms with Gasteiger partial charge in [-0.3, -0.25) is 4.79 Å². The van der Waals surface area contributed by atoms with Crippen molar-refractivity contribution in [2.24, 2.45) is 5.41 Å². The molecule has 0 aromatic heterocycles. The van der Waals surface area contributed by atoms with Crippen LogP contribution in [-0.4, -0.2) is 11.9 Å². The Morgan fingerprint density at radius 3 is 2.56 bits per heavy atom. The van der Waals surface area contributed by atoms with Crippen molar-refractivity contribution < 1.29 is 9.53 Å². The average molecular weight is 267 g/mol. The van der Waals surface area contributed by atoms with Crippen LogP contribution >= 0.6 is 11.6 Å². The van der Waals surface area contributed by atoms with Crippen LogP contribution in [0.15, 0.2) is 24.3 Å². The third kappa shape index (κ3) is 2.19. The molecular formula is C15H19ClO2. The fourth-order valence-corrected chi connectivity index (χ4v) is 2.93. The van der Waals surface area contributed by atoms with E-state index in [0.29, 0.717) is 18.8 Å². The van der Waals surface area contributed by atoms with Gasteiger partial charge in [0, 0.05) is 11.4 Å². The average Bonchev–Trinajstić information content (AvgIpc) is 2.37. The number of ketones is 1. The van der Waals surface area contributed by atoms with E-state index in [1.54, 1.807) is 0 Å². The van der Waals surface area contributed by atoms with Crippen LogP contribution in [0.25, 0.3) is 0 Å². The van der Waals surface area contributed by atoms with Crippen LogP contribution in [0.1, 0.15) is 38.7 Å². The first-order valence-electron chi connectivity index (χ1n) is 6.52. The molecule has 18 heavy (non-hydrogen) atoms. The molecule has 1 aromatic rings. The number of hydrogen-bond acceptors (Lipinski definition) is 2. The van der Waals surface area contributed by atoms with Crippen molar-refractivity contribution in [3.63, 3.8) is 0 Å². The number of halogens is 1. The van der Waals surface area contributed by atoms with E-state index in [1.807, 2.05) is 24.3 Å². The Bertz CT molecular complexity index is 438. The number of rotatable bonds is 5. The smallest absolute Gasteiger partial charge is 0.144 e. The molecule has 1 aliphatic rings. The van der Waals surface area contributed by atoms with E-state index in [-0.39, 0.29) is 11.5 Å². The molecule has 1 atom stereocenters. The SMILES string of the molecule is CCC1(CC)C(=O)CC1OCc1ccccc1Cl. The summed E-state index contributed by atoms with van der Waals surface area (Å²) in [5.41, 5.74) is 0.737. The molecule has 3 heteroatoms. The van der Waals surface area contributed by atoms with E-state index in [1.165, 1.54) is 0 Å². The summed E-state index contributed by atoms with van der Waals surface area (Å²) < 4.78 is 5.91. The van der Waals surface area contributed by atoms with Crippen molar-refractivity contribution in [3.8, 4) is 0 Å².